The summed E-state index contributed by atoms with van der Waals surface area (Å²) in [6.07, 6.45) is 19.0. The van der Waals surface area contributed by atoms with Crippen LogP contribution in [0.2, 0.25) is 0 Å². The summed E-state index contributed by atoms with van der Waals surface area (Å²) in [5.74, 6) is 1.32. The number of phenols is 2. The topological polar surface area (TPSA) is 438 Å². The number of alkyl halides is 4. The Bertz CT molecular complexity index is 3450. The number of rotatable bonds is 19. The second-order valence-corrected chi connectivity index (χ2v) is 20.1. The maximum atomic E-state index is 10.8. The van der Waals surface area contributed by atoms with Gasteiger partial charge in [-0.1, -0.05) is 180 Å². The van der Waals surface area contributed by atoms with E-state index in [0.717, 1.165) is 50.9 Å². The molecule has 0 atom stereocenters. The molecule has 0 saturated carbocycles. The van der Waals surface area contributed by atoms with Crippen LogP contribution >= 0.6 is 68.4 Å². The maximum Gasteiger partial charge on any atom is 1.00 e. The van der Waals surface area contributed by atoms with Crippen molar-refractivity contribution in [3.05, 3.63) is 282 Å². The first kappa shape index (κ1) is 116. The molecular formula is C67H80Cl2I2K4N6O23. The zero-order chi connectivity index (χ0) is 76.5. The largest absolute Gasteiger partial charge is 1.00 e. The van der Waals surface area contributed by atoms with Gasteiger partial charge in [0, 0.05) is 62.5 Å². The fourth-order valence-corrected chi connectivity index (χ4v) is 6.90. The first-order chi connectivity index (χ1) is 48.0. The number of carbonyl (C=O) groups is 2. The van der Waals surface area contributed by atoms with Gasteiger partial charge in [0.15, 0.2) is 17.2 Å². The number of allylic oxidation sites excluding steroid dienone is 5. The Morgan fingerprint density at radius 1 is 0.548 bits per heavy atom. The zero-order valence-electron chi connectivity index (χ0n) is 60.3. The SMILES string of the molecule is C=CCI.C=CCI.C=CCOc1c(CC=C)cccc1[N+](=O)[O-].C=CCOc1ccccc1[N+](=O)[O-].C=CCc1cccc([N+](=O)[O-])c1O.CCO.ClCCl.Nc1cccc2c1OCCCC2.O=CO[O-].O=CO[O-].O=[N+]([O-])c1cccc2c1OCC=CC2.O=[N+]([O-])c1ccccc1O.[H-].[H-].[K+].[K+].[K+].[K+]. The molecule has 0 unspecified atom stereocenters. The summed E-state index contributed by atoms with van der Waals surface area (Å²) in [6, 6.07) is 32.0. The Morgan fingerprint density at radius 3 is 1.42 bits per heavy atom. The van der Waals surface area contributed by atoms with E-state index in [0.29, 0.717) is 42.9 Å². The molecule has 0 saturated heterocycles. The summed E-state index contributed by atoms with van der Waals surface area (Å²) in [7, 11) is 0. The first-order valence-corrected chi connectivity index (χ1v) is 32.7. The predicted octanol–water partition coefficient (Wildman–Crippen LogP) is 2.19. The number of nitrogens with zero attached hydrogens (tertiary/aromatic N) is 5. The molecular weight excluding hydrogens is 1740 g/mol. The molecule has 0 spiro atoms. The van der Waals surface area contributed by atoms with Crippen molar-refractivity contribution < 1.29 is 297 Å². The minimum Gasteiger partial charge on any atom is -1.00 e. The predicted molar refractivity (Wildman–Crippen MR) is 400 cm³/mol. The van der Waals surface area contributed by atoms with E-state index in [2.05, 4.69) is 100 Å². The standard InChI is InChI=1S/C12H13NO3.C10H9NO3.C10H13NO.2C9H9NO3.C6H5NO3.2C3H5I.C2H6O.CH2Cl2.2CH2O3.4K.2H/c1-3-6-10-7-5-8-11(13(14)15)12(10)16-9-4-2;12-11(13)9-6-3-5-8-4-1-2-7-14-10(8)9;11-9-6-3-5-8-4-1-2-7-12-10(8)9;1-2-7-13-9-6-4-3-5-8(9)10(11)12;1-2-4-7-5-3-6-8(9(7)11)10(12)13;8-6-4-2-1-3-5(6)7(9)10;2*1-2-3-4;1-2-3;2-1-3;2*2-1-4-3;;;;;;/h3-5,7-8H,1-2,6,9H2;1-3,5-6H,4,7H2;3,5-6H,1-2,4,7,11H2;2-6H,1,7H2;2-3,5-6,11H,1,4H2;1-4,8H;2*2H,1,3H2;3H,2H2,1H3;1H2;2*1,3H;;;;;;/q;;;;;;;;;;;;4*+1;2*-1/p-2. The Morgan fingerprint density at radius 2 is 0.962 bits per heavy atom. The molecule has 0 amide bonds. The van der Waals surface area contributed by atoms with E-state index in [-0.39, 0.29) is 292 Å². The molecule has 2 aliphatic heterocycles. The first-order valence-electron chi connectivity index (χ1n) is 28.6. The van der Waals surface area contributed by atoms with Crippen molar-refractivity contribution in [2.45, 2.75) is 45.4 Å². The maximum absolute atomic E-state index is 10.8. The Hall–Kier alpha value is -3.49. The summed E-state index contributed by atoms with van der Waals surface area (Å²) in [5, 5.41) is 95.3. The van der Waals surface area contributed by atoms with Crippen LogP contribution in [-0.4, -0.2) is 100 Å². The number of hydrogen-bond donors (Lipinski definition) is 4. The van der Waals surface area contributed by atoms with Gasteiger partial charge in [0.2, 0.25) is 11.5 Å². The number of para-hydroxylation sites is 8. The van der Waals surface area contributed by atoms with E-state index in [1.54, 1.807) is 67.6 Å². The monoisotopic (exact) mass is 1820 g/mol. The summed E-state index contributed by atoms with van der Waals surface area (Å²) in [4.78, 5) is 72.4. The van der Waals surface area contributed by atoms with Gasteiger partial charge in [-0.25, -0.2) is 0 Å². The van der Waals surface area contributed by atoms with Crippen LogP contribution in [0.25, 0.3) is 0 Å². The molecule has 2 aliphatic rings. The summed E-state index contributed by atoms with van der Waals surface area (Å²) in [5.41, 5.74) is 9.43. The number of fused-ring (bicyclic) bond motifs is 2. The number of hydrogen-bond acceptors (Lipinski definition) is 24. The number of aryl methyl sites for hydroxylation is 1. The number of nitrogens with two attached hydrogens (primary N) is 1. The van der Waals surface area contributed by atoms with Crippen molar-refractivity contribution in [3.8, 4) is 34.5 Å². The number of phenolic OH excluding ortho intramolecular Hbond substituents is 2. The summed E-state index contributed by atoms with van der Waals surface area (Å²) in [6.45, 7) is 24.3. The molecule has 0 aromatic heterocycles. The van der Waals surface area contributed by atoms with Crippen molar-refractivity contribution in [2.75, 3.05) is 53.0 Å². The van der Waals surface area contributed by atoms with E-state index >= 15 is 0 Å². The zero-order valence-corrected chi connectivity index (χ0v) is 76.6. The number of nitrogen functional groups attached to an aromatic ring is 1. The van der Waals surface area contributed by atoms with Crippen LogP contribution in [0, 0.1) is 50.6 Å². The third-order valence-corrected chi connectivity index (χ3v) is 12.0. The molecule has 37 heteroatoms. The third kappa shape index (κ3) is 56.7. The second-order valence-electron chi connectivity index (χ2n) is 17.6. The third-order valence-electron chi connectivity index (χ3n) is 10.8. The van der Waals surface area contributed by atoms with Crippen LogP contribution in [0.1, 0.15) is 44.9 Å². The number of nitro groups is 5. The normalized spacial score (nSPS) is 9.65. The van der Waals surface area contributed by atoms with E-state index in [9.17, 15) is 55.7 Å². The van der Waals surface area contributed by atoms with Crippen molar-refractivity contribution in [3.63, 3.8) is 0 Å². The van der Waals surface area contributed by atoms with Crippen LogP contribution in [0.4, 0.5) is 34.1 Å². The second kappa shape index (κ2) is 80.5. The van der Waals surface area contributed by atoms with Crippen LogP contribution < -0.4 is 241 Å². The fraction of sp³-hybridized carbons (Fsp3) is 0.224. The minimum absolute atomic E-state index is 0. The minimum atomic E-state index is -0.630. The van der Waals surface area contributed by atoms with Crippen LogP contribution in [-0.2, 0) is 45.0 Å². The Kier molecular flexibility index (Phi) is 90.0. The molecule has 8 rings (SSSR count). The number of ether oxygens (including phenoxy) is 4. The van der Waals surface area contributed by atoms with E-state index in [1.807, 2.05) is 42.5 Å². The van der Waals surface area contributed by atoms with Crippen molar-refractivity contribution in [1.29, 1.82) is 0 Å². The molecule has 29 nitrogen and oxygen atoms in total. The molecule has 104 heavy (non-hydrogen) atoms. The quantitative estimate of drug-likeness (QED) is 0.0104. The Labute approximate surface area is 813 Å². The van der Waals surface area contributed by atoms with Gasteiger partial charge in [0.1, 0.15) is 25.6 Å². The van der Waals surface area contributed by atoms with Crippen molar-refractivity contribution in [2.24, 2.45) is 0 Å². The van der Waals surface area contributed by atoms with Crippen molar-refractivity contribution >= 4 is 115 Å². The number of aliphatic hydroxyl groups is 1. The molecule has 0 aliphatic carbocycles. The molecule has 548 valence electrons. The molecule has 6 aromatic rings. The average Bonchev–Trinajstić information content (AvgIpc) is 1.55. The van der Waals surface area contributed by atoms with Crippen LogP contribution in [0.5, 0.6) is 34.5 Å². The van der Waals surface area contributed by atoms with Gasteiger partial charge in [-0.15, -0.1) is 49.5 Å². The van der Waals surface area contributed by atoms with Crippen LogP contribution in [0.3, 0.4) is 0 Å². The number of benzene rings is 6. The fourth-order valence-electron chi connectivity index (χ4n) is 6.90. The Balaban J connectivity index is -0.000000122. The molecule has 2 heterocycles. The van der Waals surface area contributed by atoms with E-state index < -0.39 is 24.6 Å². The van der Waals surface area contributed by atoms with Gasteiger partial charge in [-0.3, -0.25) is 60.2 Å². The number of aromatic hydroxyl groups is 2. The smallest absolute Gasteiger partial charge is 1.00 e. The van der Waals surface area contributed by atoms with Gasteiger partial charge < -0.3 is 63.1 Å². The van der Waals surface area contributed by atoms with Crippen LogP contribution in [0.15, 0.2) is 209 Å². The summed E-state index contributed by atoms with van der Waals surface area (Å²) < 4.78 is 23.4. The number of nitro benzene ring substituents is 5. The number of anilines is 1. The number of carbonyl (C=O) groups excluding carboxylic acids is 2. The van der Waals surface area contributed by atoms with Gasteiger partial charge >= 0.3 is 234 Å². The van der Waals surface area contributed by atoms with Gasteiger partial charge in [0.05, 0.1) is 42.3 Å². The van der Waals surface area contributed by atoms with Gasteiger partial charge in [-0.05, 0) is 69.2 Å². The van der Waals surface area contributed by atoms with Gasteiger partial charge in [0.25, 0.3) is 12.9 Å². The van der Waals surface area contributed by atoms with E-state index in [1.165, 1.54) is 72.7 Å². The number of aliphatic hydroxyl groups excluding tert-OH is 1. The number of halogens is 4. The molecule has 5 N–H and O–H groups in total. The van der Waals surface area contributed by atoms with Crippen molar-refractivity contribution in [1.82, 2.24) is 0 Å². The van der Waals surface area contributed by atoms with Gasteiger partial charge in [-0.2, -0.15) is 0 Å². The summed E-state index contributed by atoms with van der Waals surface area (Å²) >= 11 is 14.0. The molecule has 0 bridgehead atoms. The molecule has 0 radical (unpaired) electrons. The average molecular weight is 1820 g/mol. The molecule has 6 aromatic carbocycles. The molecule has 0 fully saturated rings. The van der Waals surface area contributed by atoms with E-state index in [4.69, 9.17) is 78.2 Å².